The lowest BCUT2D eigenvalue weighted by molar-refractivity contribution is 0.0714. The molecule has 0 spiro atoms. The SMILES string of the molecule is Cc1cc(C)cc(C(=O)N(Cc2nnc(-c3ccccc3Cl)o2)C2CC2)c1. The minimum absolute atomic E-state index is 0.00166. The molecule has 1 fully saturated rings. The van der Waals surface area contributed by atoms with Crippen molar-refractivity contribution in [2.24, 2.45) is 0 Å². The maximum absolute atomic E-state index is 13.1. The number of hydrogen-bond acceptors (Lipinski definition) is 4. The zero-order valence-electron chi connectivity index (χ0n) is 15.3. The van der Waals surface area contributed by atoms with E-state index in [1.54, 1.807) is 6.07 Å². The first-order chi connectivity index (χ1) is 13.0. The zero-order valence-corrected chi connectivity index (χ0v) is 16.0. The summed E-state index contributed by atoms with van der Waals surface area (Å²) in [4.78, 5) is 14.9. The molecule has 0 saturated heterocycles. The summed E-state index contributed by atoms with van der Waals surface area (Å²) in [5.41, 5.74) is 3.54. The van der Waals surface area contributed by atoms with Gasteiger partial charge in [0, 0.05) is 11.6 Å². The Morgan fingerprint density at radius 2 is 1.85 bits per heavy atom. The molecular weight excluding hydrogens is 362 g/mol. The summed E-state index contributed by atoms with van der Waals surface area (Å²) in [5.74, 6) is 0.779. The van der Waals surface area contributed by atoms with Crippen LogP contribution in [0.4, 0.5) is 0 Å². The lowest BCUT2D eigenvalue weighted by atomic mass is 10.1. The average Bonchev–Trinajstić information content (AvgIpc) is 3.37. The van der Waals surface area contributed by atoms with Crippen molar-refractivity contribution in [1.82, 2.24) is 15.1 Å². The van der Waals surface area contributed by atoms with E-state index in [0.717, 1.165) is 24.0 Å². The van der Waals surface area contributed by atoms with Crippen molar-refractivity contribution >= 4 is 17.5 Å². The van der Waals surface area contributed by atoms with Gasteiger partial charge in [0.25, 0.3) is 5.91 Å². The summed E-state index contributed by atoms with van der Waals surface area (Å²) < 4.78 is 5.79. The fourth-order valence-electron chi connectivity index (χ4n) is 3.22. The third-order valence-electron chi connectivity index (χ3n) is 4.59. The van der Waals surface area contributed by atoms with Crippen LogP contribution in [0.25, 0.3) is 11.5 Å². The van der Waals surface area contributed by atoms with Crippen molar-refractivity contribution in [3.63, 3.8) is 0 Å². The van der Waals surface area contributed by atoms with Crippen molar-refractivity contribution in [2.75, 3.05) is 0 Å². The Morgan fingerprint density at radius 3 is 2.52 bits per heavy atom. The van der Waals surface area contributed by atoms with Gasteiger partial charge in [-0.15, -0.1) is 10.2 Å². The van der Waals surface area contributed by atoms with E-state index in [0.29, 0.717) is 34.5 Å². The third-order valence-corrected chi connectivity index (χ3v) is 4.92. The predicted molar refractivity (Wildman–Crippen MR) is 104 cm³/mol. The second-order valence-electron chi connectivity index (χ2n) is 7.02. The molecule has 6 heteroatoms. The van der Waals surface area contributed by atoms with Crippen LogP contribution in [0, 0.1) is 13.8 Å². The molecular formula is C21H20ClN3O2. The number of benzene rings is 2. The van der Waals surface area contributed by atoms with Crippen LogP contribution in [0.2, 0.25) is 5.02 Å². The fraction of sp³-hybridized carbons (Fsp3) is 0.286. The maximum atomic E-state index is 13.1. The molecule has 0 atom stereocenters. The van der Waals surface area contributed by atoms with Crippen LogP contribution >= 0.6 is 11.6 Å². The Bertz CT molecular complexity index is 974. The smallest absolute Gasteiger partial charge is 0.254 e. The fourth-order valence-corrected chi connectivity index (χ4v) is 3.44. The van der Waals surface area contributed by atoms with Crippen molar-refractivity contribution in [3.05, 3.63) is 70.1 Å². The van der Waals surface area contributed by atoms with Crippen LogP contribution in [0.15, 0.2) is 46.9 Å². The van der Waals surface area contributed by atoms with E-state index >= 15 is 0 Å². The van der Waals surface area contributed by atoms with Crippen molar-refractivity contribution in [3.8, 4) is 11.5 Å². The molecule has 1 heterocycles. The lowest BCUT2D eigenvalue weighted by Crippen LogP contribution is -2.32. The van der Waals surface area contributed by atoms with Crippen LogP contribution in [-0.4, -0.2) is 27.0 Å². The van der Waals surface area contributed by atoms with Gasteiger partial charge in [-0.3, -0.25) is 4.79 Å². The van der Waals surface area contributed by atoms with E-state index in [1.165, 1.54) is 0 Å². The monoisotopic (exact) mass is 381 g/mol. The van der Waals surface area contributed by atoms with Gasteiger partial charge in [-0.05, 0) is 51.0 Å². The molecule has 27 heavy (non-hydrogen) atoms. The van der Waals surface area contributed by atoms with Crippen LogP contribution in [0.1, 0.15) is 40.2 Å². The highest BCUT2D eigenvalue weighted by atomic mass is 35.5. The van der Waals surface area contributed by atoms with Crippen LogP contribution in [-0.2, 0) is 6.54 Å². The molecule has 0 bridgehead atoms. The summed E-state index contributed by atoms with van der Waals surface area (Å²) in [6, 6.07) is 13.5. The molecule has 1 amide bonds. The third kappa shape index (κ3) is 3.88. The van der Waals surface area contributed by atoms with Gasteiger partial charge < -0.3 is 9.32 Å². The van der Waals surface area contributed by atoms with E-state index in [-0.39, 0.29) is 11.9 Å². The molecule has 3 aromatic rings. The lowest BCUT2D eigenvalue weighted by Gasteiger charge is -2.21. The van der Waals surface area contributed by atoms with Gasteiger partial charge in [0.1, 0.15) is 0 Å². The number of aryl methyl sites for hydroxylation is 2. The van der Waals surface area contributed by atoms with Gasteiger partial charge >= 0.3 is 0 Å². The topological polar surface area (TPSA) is 59.2 Å². The summed E-state index contributed by atoms with van der Waals surface area (Å²) in [6.45, 7) is 4.30. The van der Waals surface area contributed by atoms with E-state index in [4.69, 9.17) is 16.0 Å². The molecule has 0 unspecified atom stereocenters. The Kier molecular flexibility index (Phi) is 4.70. The predicted octanol–water partition coefficient (Wildman–Crippen LogP) is 4.81. The molecule has 1 saturated carbocycles. The number of rotatable bonds is 5. The first-order valence-electron chi connectivity index (χ1n) is 8.98. The van der Waals surface area contributed by atoms with E-state index in [9.17, 15) is 4.79 Å². The summed E-state index contributed by atoms with van der Waals surface area (Å²) >= 11 is 6.20. The number of carbonyl (C=O) groups is 1. The highest BCUT2D eigenvalue weighted by Crippen LogP contribution is 2.31. The van der Waals surface area contributed by atoms with Gasteiger partial charge in [0.05, 0.1) is 17.1 Å². The van der Waals surface area contributed by atoms with Gasteiger partial charge in [-0.1, -0.05) is 40.9 Å². The Hall–Kier alpha value is -2.66. The number of carbonyl (C=O) groups excluding carboxylic acids is 1. The summed E-state index contributed by atoms with van der Waals surface area (Å²) in [7, 11) is 0. The standard InChI is InChI=1S/C21H20ClN3O2/c1-13-9-14(2)11-15(10-13)21(26)25(16-7-8-16)12-19-23-24-20(27-19)17-5-3-4-6-18(17)22/h3-6,9-11,16H,7-8,12H2,1-2H3. The normalized spacial score (nSPS) is 13.6. The maximum Gasteiger partial charge on any atom is 0.254 e. The van der Waals surface area contributed by atoms with Gasteiger partial charge in [-0.25, -0.2) is 0 Å². The number of amides is 1. The summed E-state index contributed by atoms with van der Waals surface area (Å²) in [5, 5.41) is 8.78. The Labute approximate surface area is 163 Å². The quantitative estimate of drug-likeness (QED) is 0.636. The van der Waals surface area contributed by atoms with Crippen LogP contribution in [0.3, 0.4) is 0 Å². The highest BCUT2D eigenvalue weighted by molar-refractivity contribution is 6.33. The van der Waals surface area contributed by atoms with E-state index in [1.807, 2.05) is 49.1 Å². The molecule has 1 aromatic heterocycles. The minimum Gasteiger partial charge on any atom is -0.419 e. The molecule has 4 rings (SSSR count). The summed E-state index contributed by atoms with van der Waals surface area (Å²) in [6.07, 6.45) is 2.00. The molecule has 138 valence electrons. The highest BCUT2D eigenvalue weighted by Gasteiger charge is 2.34. The molecule has 1 aliphatic carbocycles. The average molecular weight is 382 g/mol. The molecule has 2 aromatic carbocycles. The number of hydrogen-bond donors (Lipinski definition) is 0. The van der Waals surface area contributed by atoms with Gasteiger partial charge in [0.15, 0.2) is 0 Å². The molecule has 5 nitrogen and oxygen atoms in total. The molecule has 0 aliphatic heterocycles. The van der Waals surface area contributed by atoms with Gasteiger partial charge in [0.2, 0.25) is 11.8 Å². The Morgan fingerprint density at radius 1 is 1.15 bits per heavy atom. The van der Waals surface area contributed by atoms with Crippen LogP contribution in [0.5, 0.6) is 0 Å². The number of nitrogens with zero attached hydrogens (tertiary/aromatic N) is 3. The second kappa shape index (κ2) is 7.16. The van der Waals surface area contributed by atoms with Crippen molar-refractivity contribution < 1.29 is 9.21 Å². The minimum atomic E-state index is 0.00166. The first kappa shape index (κ1) is 17.7. The molecule has 0 radical (unpaired) electrons. The zero-order chi connectivity index (χ0) is 19.0. The molecule has 1 aliphatic rings. The van der Waals surface area contributed by atoms with E-state index < -0.39 is 0 Å². The second-order valence-corrected chi connectivity index (χ2v) is 7.43. The van der Waals surface area contributed by atoms with Gasteiger partial charge in [-0.2, -0.15) is 0 Å². The first-order valence-corrected chi connectivity index (χ1v) is 9.35. The number of halogens is 1. The largest absolute Gasteiger partial charge is 0.419 e. The Balaban J connectivity index is 1.58. The van der Waals surface area contributed by atoms with E-state index in [2.05, 4.69) is 16.3 Å². The van der Waals surface area contributed by atoms with Crippen molar-refractivity contribution in [2.45, 2.75) is 39.3 Å². The number of aromatic nitrogens is 2. The molecule has 0 N–H and O–H groups in total. The van der Waals surface area contributed by atoms with Crippen LogP contribution < -0.4 is 0 Å². The van der Waals surface area contributed by atoms with Crippen molar-refractivity contribution in [1.29, 1.82) is 0 Å².